The van der Waals surface area contributed by atoms with Gasteiger partial charge in [0.1, 0.15) is 5.82 Å². The fourth-order valence-corrected chi connectivity index (χ4v) is 3.75. The maximum Gasteiger partial charge on any atom is 0.233 e. The third-order valence-electron chi connectivity index (χ3n) is 3.94. The number of aromatic nitrogens is 2. The van der Waals surface area contributed by atoms with Crippen LogP contribution in [0.25, 0.3) is 6.08 Å². The number of fused-ring (bicyclic) bond motifs is 1. The highest BCUT2D eigenvalue weighted by Crippen LogP contribution is 2.19. The lowest BCUT2D eigenvalue weighted by Gasteiger charge is -2.23. The van der Waals surface area contributed by atoms with E-state index in [0.717, 1.165) is 25.2 Å². The highest BCUT2D eigenvalue weighted by Gasteiger charge is 2.20. The van der Waals surface area contributed by atoms with Crippen LogP contribution in [-0.4, -0.2) is 24.5 Å². The van der Waals surface area contributed by atoms with Gasteiger partial charge in [0, 0.05) is 42.3 Å². The molecule has 0 saturated heterocycles. The second-order valence-electron chi connectivity index (χ2n) is 5.62. The van der Waals surface area contributed by atoms with Crippen molar-refractivity contribution in [2.75, 3.05) is 6.54 Å². The summed E-state index contributed by atoms with van der Waals surface area (Å²) in [4.78, 5) is 4.27. The van der Waals surface area contributed by atoms with Crippen molar-refractivity contribution in [2.24, 2.45) is 5.92 Å². The Kier molecular flexibility index (Phi) is 4.84. The molecule has 2 aromatic rings. The molecule has 3 rings (SSSR count). The zero-order valence-corrected chi connectivity index (χ0v) is 14.1. The van der Waals surface area contributed by atoms with E-state index in [9.17, 15) is 8.42 Å². The number of rotatable bonds is 5. The molecule has 1 unspecified atom stereocenters. The van der Waals surface area contributed by atoms with Gasteiger partial charge in [-0.1, -0.05) is 29.8 Å². The summed E-state index contributed by atoms with van der Waals surface area (Å²) in [7, 11) is -3.47. The van der Waals surface area contributed by atoms with Gasteiger partial charge in [-0.2, -0.15) is 0 Å². The lowest BCUT2D eigenvalue weighted by atomic mass is 10.00. The van der Waals surface area contributed by atoms with Crippen LogP contribution in [0.5, 0.6) is 0 Å². The SMILES string of the molecule is O=S(=O)(/C=C/c1ccccc1Cl)NCC1CCc2nccn2C1. The van der Waals surface area contributed by atoms with Crippen LogP contribution in [0.4, 0.5) is 0 Å². The first-order valence-electron chi connectivity index (χ1n) is 7.46. The number of halogens is 1. The molecule has 0 saturated carbocycles. The molecule has 122 valence electrons. The zero-order chi connectivity index (χ0) is 16.3. The van der Waals surface area contributed by atoms with Gasteiger partial charge in [-0.3, -0.25) is 0 Å². The summed E-state index contributed by atoms with van der Waals surface area (Å²) in [5.41, 5.74) is 0.681. The highest BCUT2D eigenvalue weighted by atomic mass is 35.5. The number of imidazole rings is 1. The Morgan fingerprint density at radius 1 is 1.39 bits per heavy atom. The van der Waals surface area contributed by atoms with Crippen molar-refractivity contribution in [1.29, 1.82) is 0 Å². The van der Waals surface area contributed by atoms with Crippen molar-refractivity contribution >= 4 is 27.7 Å². The van der Waals surface area contributed by atoms with E-state index in [1.165, 1.54) is 11.5 Å². The minimum absolute atomic E-state index is 0.278. The van der Waals surface area contributed by atoms with Crippen molar-refractivity contribution in [3.05, 3.63) is 58.5 Å². The van der Waals surface area contributed by atoms with Gasteiger partial charge in [-0.05, 0) is 30.0 Å². The summed E-state index contributed by atoms with van der Waals surface area (Å²) < 4.78 is 28.9. The highest BCUT2D eigenvalue weighted by molar-refractivity contribution is 7.92. The lowest BCUT2D eigenvalue weighted by molar-refractivity contribution is 0.364. The Morgan fingerprint density at radius 3 is 3.04 bits per heavy atom. The Labute approximate surface area is 141 Å². The van der Waals surface area contributed by atoms with Gasteiger partial charge >= 0.3 is 0 Å². The van der Waals surface area contributed by atoms with Crippen LogP contribution >= 0.6 is 11.6 Å². The van der Waals surface area contributed by atoms with Gasteiger partial charge in [-0.25, -0.2) is 18.1 Å². The summed E-state index contributed by atoms with van der Waals surface area (Å²) >= 11 is 6.01. The molecule has 0 aliphatic carbocycles. The Morgan fingerprint density at radius 2 is 2.22 bits per heavy atom. The summed E-state index contributed by atoms with van der Waals surface area (Å²) in [6, 6.07) is 7.12. The van der Waals surface area contributed by atoms with Crippen LogP contribution in [0.2, 0.25) is 5.02 Å². The van der Waals surface area contributed by atoms with Crippen molar-refractivity contribution in [2.45, 2.75) is 19.4 Å². The van der Waals surface area contributed by atoms with Gasteiger partial charge in [0.25, 0.3) is 0 Å². The molecule has 0 bridgehead atoms. The predicted octanol–water partition coefficient (Wildman–Crippen LogP) is 2.69. The van der Waals surface area contributed by atoms with E-state index in [4.69, 9.17) is 11.6 Å². The van der Waals surface area contributed by atoms with Crippen molar-refractivity contribution in [3.8, 4) is 0 Å². The molecule has 0 spiro atoms. The second-order valence-corrected chi connectivity index (χ2v) is 7.68. The molecule has 7 heteroatoms. The molecule has 5 nitrogen and oxygen atoms in total. The van der Waals surface area contributed by atoms with E-state index < -0.39 is 10.0 Å². The molecule has 23 heavy (non-hydrogen) atoms. The number of hydrogen-bond acceptors (Lipinski definition) is 3. The van der Waals surface area contributed by atoms with Gasteiger partial charge in [-0.15, -0.1) is 0 Å². The van der Waals surface area contributed by atoms with Crippen LogP contribution in [-0.2, 0) is 23.0 Å². The monoisotopic (exact) mass is 351 g/mol. The van der Waals surface area contributed by atoms with Crippen LogP contribution < -0.4 is 4.72 Å². The maximum atomic E-state index is 12.1. The molecule has 0 amide bonds. The number of nitrogens with zero attached hydrogens (tertiary/aromatic N) is 2. The first-order valence-corrected chi connectivity index (χ1v) is 9.38. The molecule has 0 radical (unpaired) electrons. The molecular formula is C16H18ClN3O2S. The number of aryl methyl sites for hydroxylation is 1. The largest absolute Gasteiger partial charge is 0.335 e. The number of nitrogens with one attached hydrogen (secondary N) is 1. The molecular weight excluding hydrogens is 334 g/mol. The number of hydrogen-bond donors (Lipinski definition) is 1. The minimum atomic E-state index is -3.47. The molecule has 1 aromatic heterocycles. The third kappa shape index (κ3) is 4.22. The summed E-state index contributed by atoms with van der Waals surface area (Å²) in [6.45, 7) is 1.22. The molecule has 1 aromatic carbocycles. The van der Waals surface area contributed by atoms with Crippen molar-refractivity contribution in [3.63, 3.8) is 0 Å². The van der Waals surface area contributed by atoms with Crippen molar-refractivity contribution in [1.82, 2.24) is 14.3 Å². The first kappa shape index (κ1) is 16.2. The first-order chi connectivity index (χ1) is 11.0. The smallest absolute Gasteiger partial charge is 0.233 e. The summed E-state index contributed by atoms with van der Waals surface area (Å²) in [5, 5.41) is 1.69. The van der Waals surface area contributed by atoms with Gasteiger partial charge in [0.05, 0.1) is 0 Å². The molecule has 1 aliphatic rings. The Balaban J connectivity index is 1.58. The van der Waals surface area contributed by atoms with Crippen molar-refractivity contribution < 1.29 is 8.42 Å². The van der Waals surface area contributed by atoms with E-state index in [1.807, 2.05) is 12.3 Å². The van der Waals surface area contributed by atoms with Crippen LogP contribution in [0.3, 0.4) is 0 Å². The van der Waals surface area contributed by atoms with Crippen LogP contribution in [0.15, 0.2) is 42.1 Å². The van der Waals surface area contributed by atoms with E-state index in [-0.39, 0.29) is 5.92 Å². The average molecular weight is 352 g/mol. The molecule has 1 atom stereocenters. The number of benzene rings is 1. The van der Waals surface area contributed by atoms with Crippen LogP contribution in [0, 0.1) is 5.92 Å². The maximum absolute atomic E-state index is 12.1. The lowest BCUT2D eigenvalue weighted by Crippen LogP contribution is -2.32. The van der Waals surface area contributed by atoms with Gasteiger partial charge in [0.2, 0.25) is 10.0 Å². The standard InChI is InChI=1S/C16H18ClN3O2S/c17-15-4-2-1-3-14(15)7-10-23(21,22)19-11-13-5-6-16-18-8-9-20(16)12-13/h1-4,7-10,13,19H,5-6,11-12H2/b10-7+. The van der Waals surface area contributed by atoms with E-state index in [1.54, 1.807) is 24.4 Å². The van der Waals surface area contributed by atoms with E-state index in [2.05, 4.69) is 14.3 Å². The molecule has 2 heterocycles. The minimum Gasteiger partial charge on any atom is -0.335 e. The average Bonchev–Trinajstić information content (AvgIpc) is 3.00. The summed E-state index contributed by atoms with van der Waals surface area (Å²) in [6.07, 6.45) is 7.06. The molecule has 1 aliphatic heterocycles. The normalized spacial score (nSPS) is 18.2. The fraction of sp³-hybridized carbons (Fsp3) is 0.312. The van der Waals surface area contributed by atoms with E-state index in [0.29, 0.717) is 17.1 Å². The van der Waals surface area contributed by atoms with E-state index >= 15 is 0 Å². The summed E-state index contributed by atoms with van der Waals surface area (Å²) in [5.74, 6) is 1.35. The zero-order valence-electron chi connectivity index (χ0n) is 12.5. The topological polar surface area (TPSA) is 64.0 Å². The fourth-order valence-electron chi connectivity index (χ4n) is 2.66. The Bertz CT molecular complexity index is 814. The number of sulfonamides is 1. The molecule has 0 fully saturated rings. The molecule has 1 N–H and O–H groups in total. The third-order valence-corrected chi connectivity index (χ3v) is 5.35. The predicted molar refractivity (Wildman–Crippen MR) is 91.4 cm³/mol. The van der Waals surface area contributed by atoms with Gasteiger partial charge in [0.15, 0.2) is 0 Å². The van der Waals surface area contributed by atoms with Gasteiger partial charge < -0.3 is 4.57 Å². The second kappa shape index (κ2) is 6.86. The quantitative estimate of drug-likeness (QED) is 0.900. The Hall–Kier alpha value is -1.63. The van der Waals surface area contributed by atoms with Crippen LogP contribution in [0.1, 0.15) is 17.8 Å².